The van der Waals surface area contributed by atoms with E-state index in [1.165, 1.54) is 6.42 Å². The largest absolute Gasteiger partial charge is 0.444 e. The molecule has 1 amide bonds. The molecule has 4 atom stereocenters. The highest BCUT2D eigenvalue weighted by Gasteiger charge is 2.41. The molecular weight excluding hydrogens is 442 g/mol. The number of hydrogen-bond acceptors (Lipinski definition) is 8. The van der Waals surface area contributed by atoms with Crippen molar-refractivity contribution in [2.45, 2.75) is 71.1 Å². The van der Waals surface area contributed by atoms with Crippen molar-refractivity contribution in [1.82, 2.24) is 20.3 Å². The second-order valence-electron chi connectivity index (χ2n) is 10.6. The lowest BCUT2D eigenvalue weighted by Gasteiger charge is -2.46. The van der Waals surface area contributed by atoms with Gasteiger partial charge in [0.05, 0.1) is 6.20 Å². The topological polar surface area (TPSA) is 125 Å². The smallest absolute Gasteiger partial charge is 0.407 e. The minimum absolute atomic E-state index is 0.173. The Hall–Kier alpha value is -3.41. The van der Waals surface area contributed by atoms with Gasteiger partial charge in [0.15, 0.2) is 0 Å². The van der Waals surface area contributed by atoms with E-state index in [-0.39, 0.29) is 12.1 Å². The Balaban J connectivity index is 1.35. The van der Waals surface area contributed by atoms with E-state index in [0.29, 0.717) is 41.6 Å². The van der Waals surface area contributed by atoms with Crippen LogP contribution in [0.5, 0.6) is 0 Å². The molecule has 35 heavy (non-hydrogen) atoms. The molecule has 0 radical (unpaired) electrons. The molecule has 4 rings (SSSR count). The number of carbonyl (C=O) groups is 1. The van der Waals surface area contributed by atoms with E-state index in [4.69, 9.17) is 4.74 Å². The Bertz CT molecular complexity index is 1030. The normalized spacial score (nSPS) is 23.6. The summed E-state index contributed by atoms with van der Waals surface area (Å²) in [5.74, 6) is 2.36. The Morgan fingerprint density at radius 3 is 2.63 bits per heavy atom. The fourth-order valence-corrected chi connectivity index (χ4v) is 5.32. The summed E-state index contributed by atoms with van der Waals surface area (Å²) in [7, 11) is 0. The molecule has 2 saturated carbocycles. The molecule has 2 fully saturated rings. The van der Waals surface area contributed by atoms with Gasteiger partial charge in [-0.25, -0.2) is 9.78 Å². The first-order valence-corrected chi connectivity index (χ1v) is 12.4. The van der Waals surface area contributed by atoms with Crippen LogP contribution in [0.4, 0.5) is 16.6 Å². The fraction of sp³-hybridized carbons (Fsp3) is 0.577. The number of rotatable bonds is 7. The summed E-state index contributed by atoms with van der Waals surface area (Å²) in [5, 5.41) is 19.3. The van der Waals surface area contributed by atoms with Crippen LogP contribution in [-0.4, -0.2) is 39.2 Å². The van der Waals surface area contributed by atoms with Gasteiger partial charge in [-0.1, -0.05) is 12.5 Å². The number of alkyl carbamates (subject to hydrolysis) is 1. The Morgan fingerprint density at radius 2 is 1.97 bits per heavy atom. The Morgan fingerprint density at radius 1 is 1.20 bits per heavy atom. The van der Waals surface area contributed by atoms with E-state index in [1.807, 2.05) is 32.9 Å². The van der Waals surface area contributed by atoms with E-state index in [9.17, 15) is 10.1 Å². The summed E-state index contributed by atoms with van der Waals surface area (Å²) in [6.07, 6.45) is 10.3. The molecule has 3 N–H and O–H groups in total. The van der Waals surface area contributed by atoms with Crippen molar-refractivity contribution in [2.75, 3.05) is 17.2 Å². The van der Waals surface area contributed by atoms with Crippen LogP contribution in [0.1, 0.15) is 64.0 Å². The second kappa shape index (κ2) is 10.9. The molecule has 2 aromatic heterocycles. The van der Waals surface area contributed by atoms with Crippen LogP contribution in [0.3, 0.4) is 0 Å². The highest BCUT2D eigenvalue weighted by molar-refractivity contribution is 5.68. The average molecular weight is 478 g/mol. The molecule has 2 unspecified atom stereocenters. The number of amides is 1. The molecule has 0 spiro atoms. The molecule has 2 aliphatic carbocycles. The summed E-state index contributed by atoms with van der Waals surface area (Å²) in [6.45, 7) is 6.95. The minimum atomic E-state index is -0.498. The number of ether oxygens (including phenoxy) is 1. The van der Waals surface area contributed by atoms with Crippen molar-refractivity contribution >= 4 is 17.9 Å². The number of fused-ring (bicyclic) bond motifs is 2. The maximum absolute atomic E-state index is 12.4. The number of carbonyl (C=O) groups excluding carboxylic acids is 1. The first-order chi connectivity index (χ1) is 16.8. The second-order valence-corrected chi connectivity index (χ2v) is 10.6. The van der Waals surface area contributed by atoms with Crippen LogP contribution >= 0.6 is 0 Å². The van der Waals surface area contributed by atoms with Crippen molar-refractivity contribution in [2.24, 2.45) is 17.8 Å². The number of anilines is 2. The molecule has 2 aliphatic rings. The Labute approximate surface area is 207 Å². The van der Waals surface area contributed by atoms with Crippen LogP contribution in [0.15, 0.2) is 30.7 Å². The van der Waals surface area contributed by atoms with Gasteiger partial charge in [-0.05, 0) is 75.8 Å². The molecular formula is C26H35N7O2. The van der Waals surface area contributed by atoms with Crippen LogP contribution < -0.4 is 16.0 Å². The van der Waals surface area contributed by atoms with Crippen LogP contribution in [-0.2, 0) is 11.3 Å². The molecule has 2 heterocycles. The maximum atomic E-state index is 12.4. The van der Waals surface area contributed by atoms with Gasteiger partial charge >= 0.3 is 6.09 Å². The van der Waals surface area contributed by atoms with Crippen LogP contribution in [0.25, 0.3) is 0 Å². The van der Waals surface area contributed by atoms with E-state index in [1.54, 1.807) is 18.6 Å². The van der Waals surface area contributed by atoms with Crippen molar-refractivity contribution in [3.63, 3.8) is 0 Å². The zero-order valence-electron chi connectivity index (χ0n) is 20.8. The van der Waals surface area contributed by atoms with Crippen LogP contribution in [0, 0.1) is 29.1 Å². The molecule has 2 bridgehead atoms. The summed E-state index contributed by atoms with van der Waals surface area (Å²) in [5.41, 5.74) is 0.956. The molecule has 186 valence electrons. The number of hydrogen-bond donors (Lipinski definition) is 3. The summed E-state index contributed by atoms with van der Waals surface area (Å²) in [6, 6.07) is 6.22. The minimum Gasteiger partial charge on any atom is -0.444 e. The Kier molecular flexibility index (Phi) is 7.69. The number of nitrogens with zero attached hydrogens (tertiary/aromatic N) is 4. The number of nitriles is 1. The maximum Gasteiger partial charge on any atom is 0.407 e. The fourth-order valence-electron chi connectivity index (χ4n) is 5.32. The number of pyridine rings is 1. The van der Waals surface area contributed by atoms with E-state index < -0.39 is 5.60 Å². The van der Waals surface area contributed by atoms with Gasteiger partial charge in [0.25, 0.3) is 0 Å². The molecule has 9 nitrogen and oxygen atoms in total. The standard InChI is InChI=1S/C26H35N7O2/c1-26(2,3)35-25(34)32-22-19-7-4-8-20(22)11-18(10-19)15-29-23-21(12-27)16-31-24(33-23)30-14-17-6-5-9-28-13-17/h5-6,9,13,16,18-20,22H,4,7-8,10-11,14-15H2,1-3H3,(H,32,34)(H2,29,30,31,33)/t18?,19-,20+,22?. The highest BCUT2D eigenvalue weighted by Crippen LogP contribution is 2.43. The molecule has 0 aromatic carbocycles. The van der Waals surface area contributed by atoms with E-state index in [0.717, 1.165) is 37.8 Å². The van der Waals surface area contributed by atoms with Gasteiger partial charge in [0.2, 0.25) is 5.95 Å². The SMILES string of the molecule is CC(C)(C)OC(=O)NC1[C@@H]2CCC[C@H]1CC(CNc1nc(NCc3cccnc3)ncc1C#N)C2. The monoisotopic (exact) mass is 477 g/mol. The van der Waals surface area contributed by atoms with Gasteiger partial charge in [-0.3, -0.25) is 4.98 Å². The van der Waals surface area contributed by atoms with Crippen molar-refractivity contribution < 1.29 is 9.53 Å². The zero-order valence-corrected chi connectivity index (χ0v) is 20.8. The highest BCUT2D eigenvalue weighted by atomic mass is 16.6. The van der Waals surface area contributed by atoms with Gasteiger partial charge in [-0.2, -0.15) is 10.2 Å². The third kappa shape index (κ3) is 6.81. The predicted octanol–water partition coefficient (Wildman–Crippen LogP) is 4.49. The van der Waals surface area contributed by atoms with Gasteiger partial charge in [-0.15, -0.1) is 0 Å². The lowest BCUT2D eigenvalue weighted by molar-refractivity contribution is 0.0324. The van der Waals surface area contributed by atoms with E-state index in [2.05, 4.69) is 37.0 Å². The lowest BCUT2D eigenvalue weighted by Crippen LogP contribution is -2.52. The summed E-state index contributed by atoms with van der Waals surface area (Å²) < 4.78 is 5.51. The number of aromatic nitrogens is 3. The van der Waals surface area contributed by atoms with E-state index >= 15 is 0 Å². The average Bonchev–Trinajstić information content (AvgIpc) is 2.81. The van der Waals surface area contributed by atoms with Crippen LogP contribution in [0.2, 0.25) is 0 Å². The van der Waals surface area contributed by atoms with Gasteiger partial charge in [0.1, 0.15) is 23.1 Å². The van der Waals surface area contributed by atoms with Gasteiger partial charge < -0.3 is 20.7 Å². The number of nitrogens with one attached hydrogen (secondary N) is 3. The first-order valence-electron chi connectivity index (χ1n) is 12.4. The van der Waals surface area contributed by atoms with Crippen molar-refractivity contribution in [1.29, 1.82) is 5.26 Å². The lowest BCUT2D eigenvalue weighted by atomic mass is 9.64. The molecule has 9 heteroatoms. The summed E-state index contributed by atoms with van der Waals surface area (Å²) in [4.78, 5) is 25.3. The zero-order chi connectivity index (χ0) is 24.8. The quantitative estimate of drug-likeness (QED) is 0.533. The molecule has 2 aromatic rings. The predicted molar refractivity (Wildman–Crippen MR) is 134 cm³/mol. The van der Waals surface area contributed by atoms with Crippen molar-refractivity contribution in [3.05, 3.63) is 41.9 Å². The third-order valence-corrected chi connectivity index (χ3v) is 6.76. The third-order valence-electron chi connectivity index (χ3n) is 6.76. The van der Waals surface area contributed by atoms with Crippen molar-refractivity contribution in [3.8, 4) is 6.07 Å². The summed E-state index contributed by atoms with van der Waals surface area (Å²) >= 11 is 0. The van der Waals surface area contributed by atoms with Gasteiger partial charge in [0, 0.05) is 31.5 Å². The molecule has 0 aliphatic heterocycles. The first kappa shape index (κ1) is 24.7. The molecule has 0 saturated heterocycles.